The Balaban J connectivity index is 2.92. The Morgan fingerprint density at radius 2 is 1.86 bits per heavy atom. The van der Waals surface area contributed by atoms with Gasteiger partial charge in [0.15, 0.2) is 0 Å². The van der Waals surface area contributed by atoms with Gasteiger partial charge in [-0.1, -0.05) is 0 Å². The van der Waals surface area contributed by atoms with Crippen molar-refractivity contribution >= 4 is 5.69 Å². The van der Waals surface area contributed by atoms with E-state index in [1.54, 1.807) is 0 Å². The Kier molecular flexibility index (Phi) is 2.80. The molecule has 1 rings (SSSR count). The van der Waals surface area contributed by atoms with E-state index in [0.717, 1.165) is 12.1 Å². The van der Waals surface area contributed by atoms with Crippen molar-refractivity contribution in [3.8, 4) is 5.75 Å². The number of halogens is 4. The summed E-state index contributed by atoms with van der Waals surface area (Å²) < 4.78 is 51.3. The van der Waals surface area contributed by atoms with Crippen LogP contribution in [-0.2, 0) is 0 Å². The van der Waals surface area contributed by atoms with Crippen molar-refractivity contribution in [2.24, 2.45) is 5.84 Å². The Morgan fingerprint density at radius 1 is 1.21 bits per heavy atom. The number of benzene rings is 1. The monoisotopic (exact) mass is 210 g/mol. The molecule has 3 N–H and O–H groups in total. The smallest absolute Gasteiger partial charge is 0.406 e. The van der Waals surface area contributed by atoms with E-state index in [4.69, 9.17) is 5.84 Å². The van der Waals surface area contributed by atoms with Crippen molar-refractivity contribution in [2.45, 2.75) is 6.36 Å². The van der Waals surface area contributed by atoms with Crippen LogP contribution in [0.25, 0.3) is 0 Å². The van der Waals surface area contributed by atoms with Gasteiger partial charge in [-0.2, -0.15) is 0 Å². The van der Waals surface area contributed by atoms with E-state index in [2.05, 4.69) is 4.74 Å². The fourth-order valence-electron chi connectivity index (χ4n) is 0.839. The van der Waals surface area contributed by atoms with Gasteiger partial charge in [-0.05, 0) is 6.07 Å². The third-order valence-corrected chi connectivity index (χ3v) is 1.27. The molecule has 0 fully saturated rings. The summed E-state index contributed by atoms with van der Waals surface area (Å²) in [6.07, 6.45) is -4.85. The molecule has 14 heavy (non-hydrogen) atoms. The van der Waals surface area contributed by atoms with E-state index >= 15 is 0 Å². The molecule has 78 valence electrons. The molecule has 0 saturated carbocycles. The van der Waals surface area contributed by atoms with E-state index in [-0.39, 0.29) is 5.69 Å². The zero-order valence-electron chi connectivity index (χ0n) is 6.73. The summed E-state index contributed by atoms with van der Waals surface area (Å²) in [5.41, 5.74) is 2.00. The zero-order chi connectivity index (χ0) is 10.8. The highest BCUT2D eigenvalue weighted by atomic mass is 19.4. The van der Waals surface area contributed by atoms with Crippen LogP contribution in [-0.4, -0.2) is 6.36 Å². The molecule has 7 heteroatoms. The van der Waals surface area contributed by atoms with Crippen LogP contribution in [0.4, 0.5) is 23.2 Å². The number of anilines is 1. The molecule has 0 atom stereocenters. The van der Waals surface area contributed by atoms with Crippen LogP contribution in [0.5, 0.6) is 5.75 Å². The molecule has 0 radical (unpaired) electrons. The highest BCUT2D eigenvalue weighted by Gasteiger charge is 2.31. The van der Waals surface area contributed by atoms with Crippen molar-refractivity contribution in [1.29, 1.82) is 0 Å². The molecule has 0 spiro atoms. The van der Waals surface area contributed by atoms with Gasteiger partial charge in [-0.25, -0.2) is 4.39 Å². The van der Waals surface area contributed by atoms with Crippen LogP contribution < -0.4 is 16.0 Å². The Morgan fingerprint density at radius 3 is 2.36 bits per heavy atom. The number of alkyl halides is 3. The second-order valence-corrected chi connectivity index (χ2v) is 2.37. The molecule has 0 saturated heterocycles. The third-order valence-electron chi connectivity index (χ3n) is 1.27. The van der Waals surface area contributed by atoms with Gasteiger partial charge in [0.05, 0.1) is 5.69 Å². The van der Waals surface area contributed by atoms with Crippen LogP contribution >= 0.6 is 0 Å². The summed E-state index contributed by atoms with van der Waals surface area (Å²) in [7, 11) is 0. The molecular formula is C7H6F4N2O. The van der Waals surface area contributed by atoms with Gasteiger partial charge in [0.2, 0.25) is 0 Å². The zero-order valence-corrected chi connectivity index (χ0v) is 6.73. The van der Waals surface area contributed by atoms with Crippen LogP contribution in [0, 0.1) is 5.82 Å². The van der Waals surface area contributed by atoms with Crippen LogP contribution in [0.3, 0.4) is 0 Å². The van der Waals surface area contributed by atoms with E-state index in [1.807, 2.05) is 5.43 Å². The summed E-state index contributed by atoms with van der Waals surface area (Å²) in [4.78, 5) is 0. The summed E-state index contributed by atoms with van der Waals surface area (Å²) in [5, 5.41) is 0. The lowest BCUT2D eigenvalue weighted by molar-refractivity contribution is -0.274. The quantitative estimate of drug-likeness (QED) is 0.446. The van der Waals surface area contributed by atoms with Gasteiger partial charge in [0, 0.05) is 12.1 Å². The van der Waals surface area contributed by atoms with Gasteiger partial charge < -0.3 is 10.2 Å². The maximum Gasteiger partial charge on any atom is 0.573 e. The van der Waals surface area contributed by atoms with Crippen molar-refractivity contribution in [1.82, 2.24) is 0 Å². The van der Waals surface area contributed by atoms with Crippen LogP contribution in [0.15, 0.2) is 18.2 Å². The fourth-order valence-corrected chi connectivity index (χ4v) is 0.839. The van der Waals surface area contributed by atoms with Crippen molar-refractivity contribution < 1.29 is 22.3 Å². The topological polar surface area (TPSA) is 47.3 Å². The number of nitrogen functional groups attached to an aromatic ring is 1. The normalized spacial score (nSPS) is 11.2. The van der Waals surface area contributed by atoms with Crippen molar-refractivity contribution in [2.75, 3.05) is 5.43 Å². The Bertz CT molecular complexity index is 326. The van der Waals surface area contributed by atoms with Gasteiger partial charge in [-0.15, -0.1) is 13.2 Å². The van der Waals surface area contributed by atoms with Crippen molar-refractivity contribution in [3.05, 3.63) is 24.0 Å². The van der Waals surface area contributed by atoms with Crippen molar-refractivity contribution in [3.63, 3.8) is 0 Å². The average Bonchev–Trinajstić information content (AvgIpc) is 1.99. The molecule has 0 bridgehead atoms. The number of hydrogen-bond donors (Lipinski definition) is 2. The predicted octanol–water partition coefficient (Wildman–Crippen LogP) is 2.01. The molecule has 0 aromatic heterocycles. The highest BCUT2D eigenvalue weighted by molar-refractivity contribution is 5.47. The molecule has 0 aliphatic rings. The molecule has 1 aromatic rings. The van der Waals surface area contributed by atoms with E-state index < -0.39 is 17.9 Å². The fraction of sp³-hybridized carbons (Fsp3) is 0.143. The predicted molar refractivity (Wildman–Crippen MR) is 40.9 cm³/mol. The minimum absolute atomic E-state index is 0.00995. The standard InChI is InChI=1S/C7H6F4N2O/c8-4-1-5(13-12)3-6(2-4)14-7(9,10)11/h1-3,13H,12H2. The lowest BCUT2D eigenvalue weighted by Gasteiger charge is -2.09. The maximum absolute atomic E-state index is 12.6. The highest BCUT2D eigenvalue weighted by Crippen LogP contribution is 2.25. The minimum Gasteiger partial charge on any atom is -0.406 e. The number of ether oxygens (including phenoxy) is 1. The first-order valence-corrected chi connectivity index (χ1v) is 3.43. The molecule has 0 amide bonds. The number of rotatable bonds is 2. The number of nitrogens with one attached hydrogen (secondary N) is 1. The Hall–Kier alpha value is -1.50. The molecule has 0 aliphatic carbocycles. The largest absolute Gasteiger partial charge is 0.573 e. The second-order valence-electron chi connectivity index (χ2n) is 2.37. The average molecular weight is 210 g/mol. The summed E-state index contributed by atoms with van der Waals surface area (Å²) in [5.74, 6) is 3.36. The third kappa shape index (κ3) is 3.09. The second kappa shape index (κ2) is 3.70. The first-order chi connectivity index (χ1) is 6.40. The number of hydrazine groups is 1. The molecule has 0 aliphatic heterocycles. The number of nitrogens with two attached hydrogens (primary N) is 1. The molecule has 0 heterocycles. The van der Waals surface area contributed by atoms with Gasteiger partial charge >= 0.3 is 6.36 Å². The summed E-state index contributed by atoms with van der Waals surface area (Å²) in [6, 6.07) is 2.47. The molecular weight excluding hydrogens is 204 g/mol. The minimum atomic E-state index is -4.85. The first kappa shape index (κ1) is 10.6. The van der Waals surface area contributed by atoms with E-state index in [0.29, 0.717) is 6.07 Å². The summed E-state index contributed by atoms with van der Waals surface area (Å²) in [6.45, 7) is 0. The molecule has 1 aromatic carbocycles. The van der Waals surface area contributed by atoms with Crippen LogP contribution in [0.2, 0.25) is 0 Å². The van der Waals surface area contributed by atoms with E-state index in [1.165, 1.54) is 0 Å². The van der Waals surface area contributed by atoms with Gasteiger partial charge in [0.25, 0.3) is 0 Å². The number of hydrogen-bond acceptors (Lipinski definition) is 3. The molecule has 3 nitrogen and oxygen atoms in total. The van der Waals surface area contributed by atoms with Crippen LogP contribution in [0.1, 0.15) is 0 Å². The Labute approximate surface area is 76.4 Å². The maximum atomic E-state index is 12.6. The molecule has 0 unspecified atom stereocenters. The lowest BCUT2D eigenvalue weighted by atomic mass is 10.3. The van der Waals surface area contributed by atoms with E-state index in [9.17, 15) is 17.6 Å². The SMILES string of the molecule is NNc1cc(F)cc(OC(F)(F)F)c1. The first-order valence-electron chi connectivity index (χ1n) is 3.43. The van der Waals surface area contributed by atoms with Gasteiger partial charge in [-0.3, -0.25) is 5.84 Å². The lowest BCUT2D eigenvalue weighted by Crippen LogP contribution is -2.17. The summed E-state index contributed by atoms with van der Waals surface area (Å²) >= 11 is 0. The van der Waals surface area contributed by atoms with Gasteiger partial charge in [0.1, 0.15) is 11.6 Å².